The van der Waals surface area contributed by atoms with Gasteiger partial charge in [0.2, 0.25) is 0 Å². The van der Waals surface area contributed by atoms with Gasteiger partial charge in [0.25, 0.3) is 0 Å². The first-order valence-electron chi connectivity index (χ1n) is 7.58. The second-order valence-corrected chi connectivity index (χ2v) is 5.61. The van der Waals surface area contributed by atoms with Crippen LogP contribution in [0.3, 0.4) is 0 Å². The Bertz CT molecular complexity index is 586. The number of halogens is 3. The van der Waals surface area contributed by atoms with E-state index in [-0.39, 0.29) is 11.8 Å². The van der Waals surface area contributed by atoms with Crippen LogP contribution < -0.4 is 4.90 Å². The Kier molecular flexibility index (Phi) is 4.43. The molecule has 23 heavy (non-hydrogen) atoms. The van der Waals surface area contributed by atoms with E-state index in [9.17, 15) is 18.0 Å². The largest absolute Gasteiger partial charge is 0.446 e. The van der Waals surface area contributed by atoms with Crippen molar-refractivity contribution in [1.29, 1.82) is 0 Å². The Morgan fingerprint density at radius 1 is 1.30 bits per heavy atom. The molecule has 1 fully saturated rings. The second-order valence-electron chi connectivity index (χ2n) is 5.61. The first-order chi connectivity index (χ1) is 10.9. The minimum atomic E-state index is -4.49. The lowest BCUT2D eigenvalue weighted by molar-refractivity contribution is -0.141. The van der Waals surface area contributed by atoms with Crippen molar-refractivity contribution in [2.45, 2.75) is 38.0 Å². The van der Waals surface area contributed by atoms with E-state index in [1.54, 1.807) is 0 Å². The summed E-state index contributed by atoms with van der Waals surface area (Å²) in [4.78, 5) is 17.4. The zero-order chi connectivity index (χ0) is 16.4. The van der Waals surface area contributed by atoms with Crippen LogP contribution in [0, 0.1) is 0 Å². The molecule has 0 saturated carbocycles. The van der Waals surface area contributed by atoms with Crippen LogP contribution in [0.4, 0.5) is 23.7 Å². The lowest BCUT2D eigenvalue weighted by atomic mass is 10.1. The van der Waals surface area contributed by atoms with E-state index >= 15 is 0 Å². The van der Waals surface area contributed by atoms with Crippen LogP contribution in [0.5, 0.6) is 0 Å². The van der Waals surface area contributed by atoms with Gasteiger partial charge < -0.3 is 9.47 Å². The quantitative estimate of drug-likeness (QED) is 0.794. The first-order valence-corrected chi connectivity index (χ1v) is 7.58. The van der Waals surface area contributed by atoms with Gasteiger partial charge >= 0.3 is 12.3 Å². The van der Waals surface area contributed by atoms with Crippen molar-refractivity contribution in [3.8, 4) is 0 Å². The molecule has 5 nitrogen and oxygen atoms in total. The third kappa shape index (κ3) is 3.57. The molecule has 3 heterocycles. The molecule has 0 aliphatic carbocycles. The van der Waals surface area contributed by atoms with Gasteiger partial charge in [0.1, 0.15) is 11.8 Å². The van der Waals surface area contributed by atoms with Gasteiger partial charge in [-0.25, -0.2) is 9.78 Å². The summed E-state index contributed by atoms with van der Waals surface area (Å²) >= 11 is 0. The zero-order valence-corrected chi connectivity index (χ0v) is 12.4. The van der Waals surface area contributed by atoms with E-state index in [1.165, 1.54) is 11.0 Å². The van der Waals surface area contributed by atoms with Gasteiger partial charge in [0.15, 0.2) is 0 Å². The normalized spacial score (nSPS) is 19.3. The molecule has 1 saturated heterocycles. The number of anilines is 1. The molecule has 126 valence electrons. The van der Waals surface area contributed by atoms with Crippen LogP contribution in [-0.4, -0.2) is 36.9 Å². The molecule has 0 spiro atoms. The number of ether oxygens (including phenoxy) is 2. The number of carbonyl (C=O) groups excluding carboxylic acids is 1. The summed E-state index contributed by atoms with van der Waals surface area (Å²) in [7, 11) is 0. The minimum Gasteiger partial charge on any atom is -0.446 e. The molecular weight excluding hydrogens is 313 g/mol. The van der Waals surface area contributed by atoms with Crippen molar-refractivity contribution >= 4 is 11.8 Å². The summed E-state index contributed by atoms with van der Waals surface area (Å²) in [6.07, 6.45) is -2.97. The summed E-state index contributed by atoms with van der Waals surface area (Å²) in [5.74, 6) is 0. The van der Waals surface area contributed by atoms with Crippen molar-refractivity contribution in [2.24, 2.45) is 0 Å². The van der Waals surface area contributed by atoms with Gasteiger partial charge in [-0.3, -0.25) is 4.90 Å². The predicted octanol–water partition coefficient (Wildman–Crippen LogP) is 3.17. The van der Waals surface area contributed by atoms with Crippen molar-refractivity contribution < 1.29 is 27.4 Å². The number of hydrogen-bond acceptors (Lipinski definition) is 4. The van der Waals surface area contributed by atoms with Crippen LogP contribution in [0.25, 0.3) is 0 Å². The van der Waals surface area contributed by atoms with Gasteiger partial charge in [-0.05, 0) is 25.0 Å². The average Bonchev–Trinajstić information content (AvgIpc) is 2.54. The fourth-order valence-corrected chi connectivity index (χ4v) is 2.80. The topological polar surface area (TPSA) is 51.7 Å². The number of amides is 1. The van der Waals surface area contributed by atoms with Crippen molar-refractivity contribution in [3.05, 3.63) is 23.5 Å². The van der Waals surface area contributed by atoms with Gasteiger partial charge in [-0.15, -0.1) is 0 Å². The molecule has 1 aromatic heterocycles. The lowest BCUT2D eigenvalue weighted by Crippen LogP contribution is -2.39. The van der Waals surface area contributed by atoms with Crippen LogP contribution in [0.15, 0.2) is 12.1 Å². The maximum absolute atomic E-state index is 12.7. The number of rotatable bonds is 1. The summed E-state index contributed by atoms with van der Waals surface area (Å²) in [6, 6.07) is 2.20. The molecule has 0 bridgehead atoms. The van der Waals surface area contributed by atoms with Crippen LogP contribution in [0.2, 0.25) is 0 Å². The summed E-state index contributed by atoms with van der Waals surface area (Å²) < 4.78 is 48.9. The highest BCUT2D eigenvalue weighted by atomic mass is 19.4. The molecular formula is C15H17F3N2O3. The van der Waals surface area contributed by atoms with E-state index in [1.807, 2.05) is 0 Å². The average molecular weight is 330 g/mol. The van der Waals surface area contributed by atoms with E-state index in [0.717, 1.165) is 6.07 Å². The van der Waals surface area contributed by atoms with Crippen molar-refractivity contribution in [2.75, 3.05) is 24.7 Å². The molecule has 0 atom stereocenters. The van der Waals surface area contributed by atoms with E-state index in [0.29, 0.717) is 51.1 Å². The maximum Gasteiger partial charge on any atom is 0.433 e. The Hall–Kier alpha value is -1.83. The molecule has 0 N–H and O–H groups in total. The molecule has 2 aliphatic heterocycles. The Balaban J connectivity index is 1.76. The smallest absolute Gasteiger partial charge is 0.433 e. The number of pyridine rings is 1. The number of alkyl halides is 3. The molecule has 0 unspecified atom stereocenters. The fraction of sp³-hybridized carbons (Fsp3) is 0.600. The second kappa shape index (κ2) is 6.35. The number of hydrogen-bond donors (Lipinski definition) is 0. The molecule has 2 aliphatic rings. The number of carbonyl (C=O) groups is 1. The maximum atomic E-state index is 12.7. The minimum absolute atomic E-state index is 0.205. The third-order valence-electron chi connectivity index (χ3n) is 3.98. The molecule has 3 rings (SSSR count). The van der Waals surface area contributed by atoms with Gasteiger partial charge in [-0.1, -0.05) is 0 Å². The van der Waals surface area contributed by atoms with Gasteiger partial charge in [0, 0.05) is 19.4 Å². The summed E-state index contributed by atoms with van der Waals surface area (Å²) in [6.45, 7) is 1.51. The number of aromatic nitrogens is 1. The van der Waals surface area contributed by atoms with Crippen LogP contribution in [0.1, 0.15) is 30.7 Å². The Morgan fingerprint density at radius 3 is 2.74 bits per heavy atom. The van der Waals surface area contributed by atoms with Crippen molar-refractivity contribution in [3.63, 3.8) is 0 Å². The van der Waals surface area contributed by atoms with E-state index in [2.05, 4.69) is 4.98 Å². The molecule has 0 radical (unpaired) electrons. The first kappa shape index (κ1) is 16.0. The Labute approximate surface area is 131 Å². The number of nitrogens with zero attached hydrogens (tertiary/aromatic N) is 2. The van der Waals surface area contributed by atoms with Crippen LogP contribution >= 0.6 is 0 Å². The number of aryl methyl sites for hydroxylation is 1. The highest BCUT2D eigenvalue weighted by Gasteiger charge is 2.35. The van der Waals surface area contributed by atoms with Crippen LogP contribution in [-0.2, 0) is 22.1 Å². The summed E-state index contributed by atoms with van der Waals surface area (Å²) in [5, 5.41) is 0. The highest BCUT2D eigenvalue weighted by Crippen LogP contribution is 2.33. The monoisotopic (exact) mass is 330 g/mol. The molecule has 1 aromatic rings. The van der Waals surface area contributed by atoms with Gasteiger partial charge in [-0.2, -0.15) is 13.2 Å². The highest BCUT2D eigenvalue weighted by molar-refractivity contribution is 5.89. The predicted molar refractivity (Wildman–Crippen MR) is 75.2 cm³/mol. The zero-order valence-electron chi connectivity index (χ0n) is 12.4. The van der Waals surface area contributed by atoms with Gasteiger partial charge in [0.05, 0.1) is 24.6 Å². The van der Waals surface area contributed by atoms with E-state index < -0.39 is 18.0 Å². The lowest BCUT2D eigenvalue weighted by Gasteiger charge is -2.31. The summed E-state index contributed by atoms with van der Waals surface area (Å²) in [5.41, 5.74) is -0.243. The van der Waals surface area contributed by atoms with E-state index in [4.69, 9.17) is 9.47 Å². The third-order valence-corrected chi connectivity index (χ3v) is 3.98. The molecule has 1 amide bonds. The fourth-order valence-electron chi connectivity index (χ4n) is 2.80. The SMILES string of the molecule is O=C(OC1CCOCC1)N1CCCc2nc(C(F)(F)F)ccc21. The molecule has 0 aromatic carbocycles. The Morgan fingerprint density at radius 2 is 2.04 bits per heavy atom. The molecule has 8 heteroatoms. The standard InChI is InChI=1S/C15H17F3N2O3/c16-15(17,18)13-4-3-12-11(19-13)2-1-7-20(12)14(21)23-10-5-8-22-9-6-10/h3-4,10H,1-2,5-9H2. The number of fused-ring (bicyclic) bond motifs is 1. The van der Waals surface area contributed by atoms with Crippen molar-refractivity contribution in [1.82, 2.24) is 4.98 Å².